The highest BCUT2D eigenvalue weighted by Crippen LogP contribution is 2.23. The Hall–Kier alpha value is -3.04. The first-order valence-corrected chi connectivity index (χ1v) is 8.73. The Balaban J connectivity index is 0.000000194. The van der Waals surface area contributed by atoms with Crippen LogP contribution >= 0.6 is 11.9 Å². The molecule has 3 rings (SSSR count). The third-order valence-electron chi connectivity index (χ3n) is 3.43. The van der Waals surface area contributed by atoms with Gasteiger partial charge < -0.3 is 15.9 Å². The van der Waals surface area contributed by atoms with Crippen molar-refractivity contribution in [2.75, 3.05) is 6.54 Å². The topological polar surface area (TPSA) is 133 Å². The second kappa shape index (κ2) is 9.60. The van der Waals surface area contributed by atoms with Crippen molar-refractivity contribution in [3.63, 3.8) is 0 Å². The van der Waals surface area contributed by atoms with Gasteiger partial charge in [0.05, 0.1) is 0 Å². The van der Waals surface area contributed by atoms with Crippen LogP contribution in [-0.4, -0.2) is 45.0 Å². The van der Waals surface area contributed by atoms with Crippen LogP contribution in [0.25, 0.3) is 0 Å². The number of nitrogens with two attached hydrogens (primary N) is 1. The van der Waals surface area contributed by atoms with Crippen LogP contribution in [-0.2, 0) is 16.0 Å². The molecule has 27 heavy (non-hydrogen) atoms. The molecule has 5 N–H and O–H groups in total. The van der Waals surface area contributed by atoms with E-state index in [0.717, 1.165) is 10.5 Å². The van der Waals surface area contributed by atoms with Gasteiger partial charge in [0.1, 0.15) is 18.3 Å². The summed E-state index contributed by atoms with van der Waals surface area (Å²) < 4.78 is 1.40. The number of carboxylic acids is 1. The first-order chi connectivity index (χ1) is 12.8. The van der Waals surface area contributed by atoms with Gasteiger partial charge in [0, 0.05) is 4.90 Å². The van der Waals surface area contributed by atoms with Crippen molar-refractivity contribution in [2.24, 2.45) is 5.73 Å². The van der Waals surface area contributed by atoms with E-state index >= 15 is 0 Å². The van der Waals surface area contributed by atoms with Gasteiger partial charge in [-0.3, -0.25) is 19.2 Å². The van der Waals surface area contributed by atoms with Crippen LogP contribution in [0.3, 0.4) is 0 Å². The number of hydrogen-bond acceptors (Lipinski definition) is 6. The highest BCUT2D eigenvalue weighted by molar-refractivity contribution is 7.97. The quantitative estimate of drug-likeness (QED) is 0.451. The molecule has 0 radical (unpaired) electrons. The molecule has 1 heterocycles. The molecule has 0 aromatic heterocycles. The zero-order chi connectivity index (χ0) is 19.8. The number of benzene rings is 2. The molecule has 0 spiro atoms. The van der Waals surface area contributed by atoms with Crippen molar-refractivity contribution in [2.45, 2.75) is 17.4 Å². The van der Waals surface area contributed by atoms with E-state index in [4.69, 9.17) is 15.9 Å². The number of aromatic hydroxyl groups is 1. The fourth-order valence-corrected chi connectivity index (χ4v) is 2.92. The number of carboxylic acid groups (broad SMARTS) is 1. The summed E-state index contributed by atoms with van der Waals surface area (Å²) in [6.07, 6.45) is 0.273. The second-order valence-electron chi connectivity index (χ2n) is 5.61. The number of nitrogens with one attached hydrogen (secondary N) is 1. The summed E-state index contributed by atoms with van der Waals surface area (Å²) in [5, 5.41) is 19.7. The van der Waals surface area contributed by atoms with Crippen molar-refractivity contribution in [1.29, 1.82) is 0 Å². The van der Waals surface area contributed by atoms with Gasteiger partial charge in [-0.15, -0.1) is 0 Å². The number of hydrogen-bond donors (Lipinski definition) is 4. The van der Waals surface area contributed by atoms with E-state index in [1.165, 1.54) is 28.4 Å². The number of phenols is 1. The maximum Gasteiger partial charge on any atom is 0.334 e. The average molecular weight is 389 g/mol. The Morgan fingerprint density at radius 3 is 2.30 bits per heavy atom. The molecule has 1 aliphatic heterocycles. The minimum absolute atomic E-state index is 0.123. The monoisotopic (exact) mass is 389 g/mol. The lowest BCUT2D eigenvalue weighted by atomic mass is 10.1. The Kier molecular flexibility index (Phi) is 7.21. The largest absolute Gasteiger partial charge is 0.508 e. The standard InChI is InChI=1S/C9H8N2O2S.C9H11NO3/c12-8-6-11(9(13)10-8)14-7-4-2-1-3-5-7;10-8(9(12)13)5-6-1-3-7(11)4-2-6/h1-5H,6H2,(H,10,12,13);1-4,8,11H,5,10H2,(H,12,13). The number of phenolic OH excluding ortho intramolecular Hbond substituents is 1. The molecule has 1 atom stereocenters. The molecular formula is C18H19N3O5S. The highest BCUT2D eigenvalue weighted by Gasteiger charge is 2.27. The van der Waals surface area contributed by atoms with Crippen molar-refractivity contribution in [3.05, 3.63) is 60.2 Å². The zero-order valence-corrected chi connectivity index (χ0v) is 15.1. The van der Waals surface area contributed by atoms with Crippen LogP contribution in [0.15, 0.2) is 59.5 Å². The number of urea groups is 1. The predicted octanol–water partition coefficient (Wildman–Crippen LogP) is 1.59. The SMILES string of the molecule is NC(Cc1ccc(O)cc1)C(=O)O.O=C1CN(Sc2ccccc2)C(=O)N1. The third kappa shape index (κ3) is 6.65. The van der Waals surface area contributed by atoms with Crippen molar-refractivity contribution in [3.8, 4) is 5.75 Å². The molecule has 1 aliphatic rings. The molecule has 142 valence electrons. The molecule has 1 unspecified atom stereocenters. The molecule has 0 saturated carbocycles. The Bertz CT molecular complexity index is 798. The highest BCUT2D eigenvalue weighted by atomic mass is 32.2. The van der Waals surface area contributed by atoms with Gasteiger partial charge in [0.25, 0.3) is 0 Å². The summed E-state index contributed by atoms with van der Waals surface area (Å²) in [6, 6.07) is 14.5. The molecule has 1 saturated heterocycles. The minimum Gasteiger partial charge on any atom is -0.508 e. The lowest BCUT2D eigenvalue weighted by Crippen LogP contribution is -2.32. The average Bonchev–Trinajstić information content (AvgIpc) is 2.95. The number of carbonyl (C=O) groups excluding carboxylic acids is 2. The Labute approximate surface area is 160 Å². The van der Waals surface area contributed by atoms with Crippen LogP contribution in [0.2, 0.25) is 0 Å². The summed E-state index contributed by atoms with van der Waals surface area (Å²) in [7, 11) is 0. The van der Waals surface area contributed by atoms with Gasteiger partial charge in [-0.1, -0.05) is 30.3 Å². The number of nitrogens with zero attached hydrogens (tertiary/aromatic N) is 1. The fraction of sp³-hybridized carbons (Fsp3) is 0.167. The van der Waals surface area contributed by atoms with E-state index in [-0.39, 0.29) is 30.7 Å². The summed E-state index contributed by atoms with van der Waals surface area (Å²) in [4.78, 5) is 33.4. The smallest absolute Gasteiger partial charge is 0.334 e. The maximum absolute atomic E-state index is 11.2. The summed E-state index contributed by atoms with van der Waals surface area (Å²) in [6.45, 7) is 0.123. The van der Waals surface area contributed by atoms with Crippen LogP contribution < -0.4 is 11.1 Å². The summed E-state index contributed by atoms with van der Waals surface area (Å²) >= 11 is 1.26. The molecule has 1 fully saturated rings. The van der Waals surface area contributed by atoms with Gasteiger partial charge in [-0.2, -0.15) is 0 Å². The van der Waals surface area contributed by atoms with Crippen molar-refractivity contribution < 1.29 is 24.6 Å². The molecule has 3 amide bonds. The van der Waals surface area contributed by atoms with E-state index in [1.54, 1.807) is 12.1 Å². The molecule has 2 aromatic rings. The molecule has 8 nitrogen and oxygen atoms in total. The lowest BCUT2D eigenvalue weighted by Gasteiger charge is -2.10. The first kappa shape index (κ1) is 20.3. The van der Waals surface area contributed by atoms with Crippen molar-refractivity contribution in [1.82, 2.24) is 9.62 Å². The third-order valence-corrected chi connectivity index (χ3v) is 4.43. The van der Waals surface area contributed by atoms with Gasteiger partial charge in [0.2, 0.25) is 5.91 Å². The van der Waals surface area contributed by atoms with Gasteiger partial charge in [-0.25, -0.2) is 4.79 Å². The van der Waals surface area contributed by atoms with Crippen LogP contribution in [0, 0.1) is 0 Å². The van der Waals surface area contributed by atoms with Gasteiger partial charge >= 0.3 is 12.0 Å². The fourth-order valence-electron chi connectivity index (χ4n) is 2.08. The molecule has 9 heteroatoms. The second-order valence-corrected chi connectivity index (χ2v) is 6.70. The Morgan fingerprint density at radius 1 is 1.15 bits per heavy atom. The molecule has 2 aromatic carbocycles. The number of aliphatic carboxylic acids is 1. The zero-order valence-electron chi connectivity index (χ0n) is 14.2. The van der Waals surface area contributed by atoms with Crippen LogP contribution in [0.5, 0.6) is 5.75 Å². The normalized spacial score (nSPS) is 14.2. The van der Waals surface area contributed by atoms with Gasteiger partial charge in [-0.05, 0) is 48.2 Å². The molecule has 0 aliphatic carbocycles. The summed E-state index contributed by atoms with van der Waals surface area (Å²) in [5.41, 5.74) is 6.12. The van der Waals surface area contributed by atoms with E-state index in [1.807, 2.05) is 30.3 Å². The maximum atomic E-state index is 11.2. The number of carbonyl (C=O) groups is 3. The van der Waals surface area contributed by atoms with E-state index in [9.17, 15) is 14.4 Å². The van der Waals surface area contributed by atoms with E-state index in [0.29, 0.717) is 0 Å². The molecular weight excluding hydrogens is 370 g/mol. The Morgan fingerprint density at radius 2 is 1.78 bits per heavy atom. The minimum atomic E-state index is -1.02. The number of imide groups is 1. The van der Waals surface area contributed by atoms with E-state index in [2.05, 4.69) is 5.32 Å². The lowest BCUT2D eigenvalue weighted by molar-refractivity contribution is -0.138. The first-order valence-electron chi connectivity index (χ1n) is 7.96. The van der Waals surface area contributed by atoms with Crippen LogP contribution in [0.4, 0.5) is 4.79 Å². The number of rotatable bonds is 5. The van der Waals surface area contributed by atoms with Crippen molar-refractivity contribution >= 4 is 29.9 Å². The van der Waals surface area contributed by atoms with Gasteiger partial charge in [0.15, 0.2) is 0 Å². The molecule has 0 bridgehead atoms. The number of amides is 3. The van der Waals surface area contributed by atoms with Crippen LogP contribution in [0.1, 0.15) is 5.56 Å². The van der Waals surface area contributed by atoms with E-state index < -0.39 is 12.0 Å². The summed E-state index contributed by atoms with van der Waals surface area (Å²) in [5.74, 6) is -1.11. The predicted molar refractivity (Wildman–Crippen MR) is 100.0 cm³/mol.